The third-order valence-corrected chi connectivity index (χ3v) is 3.88. The van der Waals surface area contributed by atoms with Gasteiger partial charge >= 0.3 is 0 Å². The summed E-state index contributed by atoms with van der Waals surface area (Å²) in [5.41, 5.74) is 1.19. The third kappa shape index (κ3) is 3.95. The van der Waals surface area contributed by atoms with Crippen molar-refractivity contribution in [2.24, 2.45) is 0 Å². The predicted octanol–water partition coefficient (Wildman–Crippen LogP) is 3.71. The highest BCUT2D eigenvalue weighted by atomic mass is 79.9. The van der Waals surface area contributed by atoms with Crippen LogP contribution in [0.5, 0.6) is 0 Å². The Bertz CT molecular complexity index is 382. The number of rotatable bonds is 6. The molecule has 1 aromatic carbocycles. The van der Waals surface area contributed by atoms with Gasteiger partial charge in [0.25, 0.3) is 0 Å². The van der Waals surface area contributed by atoms with Crippen LogP contribution in [0.15, 0.2) is 22.7 Å². The fourth-order valence-electron chi connectivity index (χ4n) is 1.91. The van der Waals surface area contributed by atoms with E-state index in [0.29, 0.717) is 0 Å². The van der Waals surface area contributed by atoms with E-state index in [2.05, 4.69) is 26.9 Å². The molecule has 0 unspecified atom stereocenters. The molecule has 0 bridgehead atoms. The second kappa shape index (κ2) is 6.19. The molecule has 4 heteroatoms. The summed E-state index contributed by atoms with van der Waals surface area (Å²) in [6.07, 6.45) is 2.61. The molecule has 2 nitrogen and oxygen atoms in total. The molecule has 1 fully saturated rings. The Balaban J connectivity index is 2.00. The van der Waals surface area contributed by atoms with Crippen LogP contribution in [0.3, 0.4) is 0 Å². The Hall–Kier alpha value is -0.0900. The molecular formula is C13H17BrClNO. The summed E-state index contributed by atoms with van der Waals surface area (Å²) in [7, 11) is 1.75. The van der Waals surface area contributed by atoms with Gasteiger partial charge in [0.1, 0.15) is 0 Å². The van der Waals surface area contributed by atoms with Gasteiger partial charge in [-0.05, 0) is 30.5 Å². The van der Waals surface area contributed by atoms with Gasteiger partial charge in [-0.25, -0.2) is 0 Å². The molecule has 0 saturated heterocycles. The molecule has 0 heterocycles. The molecule has 0 atom stereocenters. The molecule has 1 saturated carbocycles. The molecule has 17 heavy (non-hydrogen) atoms. The van der Waals surface area contributed by atoms with E-state index in [4.69, 9.17) is 16.3 Å². The van der Waals surface area contributed by atoms with Gasteiger partial charge in [-0.3, -0.25) is 4.90 Å². The molecule has 0 aliphatic heterocycles. The number of nitrogens with zero attached hydrogens (tertiary/aromatic N) is 1. The standard InChI is InChI=1S/C13H17BrClNO/c1-17-7-6-16(12-4-5-12)9-10-2-3-11(14)8-13(10)15/h2-3,8,12H,4-7,9H2,1H3. The average molecular weight is 319 g/mol. The number of hydrogen-bond acceptors (Lipinski definition) is 2. The van der Waals surface area contributed by atoms with E-state index < -0.39 is 0 Å². The number of hydrogen-bond donors (Lipinski definition) is 0. The van der Waals surface area contributed by atoms with Crippen molar-refractivity contribution in [1.82, 2.24) is 4.90 Å². The molecule has 0 radical (unpaired) electrons. The summed E-state index contributed by atoms with van der Waals surface area (Å²) in [6.45, 7) is 2.68. The minimum absolute atomic E-state index is 0.727. The molecule has 1 aromatic rings. The van der Waals surface area contributed by atoms with Gasteiger partial charge in [0.2, 0.25) is 0 Å². The fraction of sp³-hybridized carbons (Fsp3) is 0.538. The number of methoxy groups -OCH3 is 1. The molecule has 2 rings (SSSR count). The lowest BCUT2D eigenvalue weighted by Crippen LogP contribution is -2.29. The highest BCUT2D eigenvalue weighted by Crippen LogP contribution is 2.30. The SMILES string of the molecule is COCCN(Cc1ccc(Br)cc1Cl)C1CC1. The molecule has 0 spiro atoms. The van der Waals surface area contributed by atoms with Crippen LogP contribution in [0.2, 0.25) is 5.02 Å². The number of benzene rings is 1. The van der Waals surface area contributed by atoms with Gasteiger partial charge in [0.05, 0.1) is 6.61 Å². The minimum Gasteiger partial charge on any atom is -0.383 e. The largest absolute Gasteiger partial charge is 0.383 e. The summed E-state index contributed by atoms with van der Waals surface area (Å²) in [6, 6.07) is 6.82. The Morgan fingerprint density at radius 2 is 2.24 bits per heavy atom. The van der Waals surface area contributed by atoms with Gasteiger partial charge in [0.15, 0.2) is 0 Å². The molecule has 0 aromatic heterocycles. The first-order valence-electron chi connectivity index (χ1n) is 5.87. The maximum absolute atomic E-state index is 6.24. The van der Waals surface area contributed by atoms with Crippen LogP contribution < -0.4 is 0 Å². The van der Waals surface area contributed by atoms with Crippen molar-refractivity contribution in [2.75, 3.05) is 20.3 Å². The van der Waals surface area contributed by atoms with Crippen LogP contribution in [0.25, 0.3) is 0 Å². The Morgan fingerprint density at radius 3 is 2.82 bits per heavy atom. The monoisotopic (exact) mass is 317 g/mol. The zero-order valence-corrected chi connectivity index (χ0v) is 12.3. The molecular weight excluding hydrogens is 302 g/mol. The van der Waals surface area contributed by atoms with Crippen molar-refractivity contribution in [2.45, 2.75) is 25.4 Å². The van der Waals surface area contributed by atoms with Gasteiger partial charge in [-0.15, -0.1) is 0 Å². The van der Waals surface area contributed by atoms with Gasteiger partial charge < -0.3 is 4.74 Å². The van der Waals surface area contributed by atoms with Crippen molar-refractivity contribution in [3.63, 3.8) is 0 Å². The average Bonchev–Trinajstić information content (AvgIpc) is 3.11. The van der Waals surface area contributed by atoms with Crippen molar-refractivity contribution < 1.29 is 4.74 Å². The zero-order valence-electron chi connectivity index (χ0n) is 9.96. The van der Waals surface area contributed by atoms with E-state index in [1.165, 1.54) is 18.4 Å². The quantitative estimate of drug-likeness (QED) is 0.793. The Kier molecular flexibility index (Phi) is 4.86. The maximum atomic E-state index is 6.24. The lowest BCUT2D eigenvalue weighted by molar-refractivity contribution is 0.139. The van der Waals surface area contributed by atoms with E-state index >= 15 is 0 Å². The number of ether oxygens (including phenoxy) is 1. The van der Waals surface area contributed by atoms with Crippen molar-refractivity contribution >= 4 is 27.5 Å². The van der Waals surface area contributed by atoms with Crippen LogP contribution in [0.1, 0.15) is 18.4 Å². The van der Waals surface area contributed by atoms with Crippen LogP contribution in [0, 0.1) is 0 Å². The smallest absolute Gasteiger partial charge is 0.0589 e. The lowest BCUT2D eigenvalue weighted by Gasteiger charge is -2.22. The molecule has 0 amide bonds. The summed E-state index contributed by atoms with van der Waals surface area (Å²) in [5, 5.41) is 0.836. The van der Waals surface area contributed by atoms with E-state index in [9.17, 15) is 0 Å². The van der Waals surface area contributed by atoms with Crippen LogP contribution in [0.4, 0.5) is 0 Å². The van der Waals surface area contributed by atoms with Crippen LogP contribution >= 0.6 is 27.5 Å². The van der Waals surface area contributed by atoms with E-state index in [0.717, 1.165) is 35.2 Å². The second-order valence-corrected chi connectivity index (χ2v) is 5.75. The third-order valence-electron chi connectivity index (χ3n) is 3.03. The van der Waals surface area contributed by atoms with Crippen LogP contribution in [-0.2, 0) is 11.3 Å². The first-order valence-corrected chi connectivity index (χ1v) is 7.04. The highest BCUT2D eigenvalue weighted by molar-refractivity contribution is 9.10. The Morgan fingerprint density at radius 1 is 1.47 bits per heavy atom. The minimum atomic E-state index is 0.727. The Labute approximate surface area is 116 Å². The topological polar surface area (TPSA) is 12.5 Å². The summed E-state index contributed by atoms with van der Waals surface area (Å²) < 4.78 is 6.18. The molecule has 94 valence electrons. The summed E-state index contributed by atoms with van der Waals surface area (Å²) in [5.74, 6) is 0. The highest BCUT2D eigenvalue weighted by Gasteiger charge is 2.28. The van der Waals surface area contributed by atoms with E-state index in [1.807, 2.05) is 12.1 Å². The second-order valence-electron chi connectivity index (χ2n) is 4.43. The summed E-state index contributed by atoms with van der Waals surface area (Å²) in [4.78, 5) is 2.46. The van der Waals surface area contributed by atoms with Crippen molar-refractivity contribution in [1.29, 1.82) is 0 Å². The molecule has 1 aliphatic rings. The van der Waals surface area contributed by atoms with Crippen molar-refractivity contribution in [3.05, 3.63) is 33.3 Å². The lowest BCUT2D eigenvalue weighted by atomic mass is 10.2. The number of halogens is 2. The summed E-state index contributed by atoms with van der Waals surface area (Å²) >= 11 is 9.67. The fourth-order valence-corrected chi connectivity index (χ4v) is 2.64. The predicted molar refractivity (Wildman–Crippen MR) is 74.5 cm³/mol. The van der Waals surface area contributed by atoms with Crippen LogP contribution in [-0.4, -0.2) is 31.2 Å². The molecule has 0 N–H and O–H groups in total. The normalized spacial score (nSPS) is 15.5. The van der Waals surface area contributed by atoms with Gasteiger partial charge in [-0.2, -0.15) is 0 Å². The van der Waals surface area contributed by atoms with Gasteiger partial charge in [0, 0.05) is 35.7 Å². The first kappa shape index (κ1) is 13.3. The van der Waals surface area contributed by atoms with E-state index in [-0.39, 0.29) is 0 Å². The zero-order chi connectivity index (χ0) is 12.3. The van der Waals surface area contributed by atoms with E-state index in [1.54, 1.807) is 7.11 Å². The maximum Gasteiger partial charge on any atom is 0.0589 e. The van der Waals surface area contributed by atoms with Gasteiger partial charge in [-0.1, -0.05) is 33.6 Å². The molecule has 1 aliphatic carbocycles. The van der Waals surface area contributed by atoms with Crippen molar-refractivity contribution in [3.8, 4) is 0 Å². The first-order chi connectivity index (χ1) is 8.20.